The monoisotopic (exact) mass is 254 g/mol. The second-order valence-electron chi connectivity index (χ2n) is 3.82. The van der Waals surface area contributed by atoms with E-state index in [2.05, 4.69) is 9.47 Å². The SMILES string of the molecule is Cc1cn(-c2ccc3c(c2)OC(F)(F)O3)c(=N)o1. The third kappa shape index (κ3) is 1.64. The lowest BCUT2D eigenvalue weighted by Crippen LogP contribution is -2.25. The van der Waals surface area contributed by atoms with Crippen molar-refractivity contribution >= 4 is 0 Å². The average molecular weight is 254 g/mol. The zero-order chi connectivity index (χ0) is 12.9. The van der Waals surface area contributed by atoms with Gasteiger partial charge in [-0.3, -0.25) is 9.98 Å². The molecular formula is C11H8F2N2O3. The van der Waals surface area contributed by atoms with E-state index in [0.717, 1.165) is 0 Å². The van der Waals surface area contributed by atoms with Gasteiger partial charge in [-0.2, -0.15) is 0 Å². The van der Waals surface area contributed by atoms with Gasteiger partial charge in [-0.05, 0) is 19.1 Å². The topological polar surface area (TPSA) is 60.4 Å². The molecular weight excluding hydrogens is 246 g/mol. The highest BCUT2D eigenvalue weighted by molar-refractivity contribution is 5.50. The third-order valence-electron chi connectivity index (χ3n) is 2.45. The van der Waals surface area contributed by atoms with Crippen molar-refractivity contribution in [3.05, 3.63) is 35.8 Å². The number of benzene rings is 1. The number of halogens is 2. The molecule has 3 rings (SSSR count). The molecule has 0 atom stereocenters. The molecule has 1 aromatic carbocycles. The van der Waals surface area contributed by atoms with Crippen molar-refractivity contribution in [1.82, 2.24) is 4.57 Å². The predicted octanol–water partition coefficient (Wildman–Crippen LogP) is 2.18. The van der Waals surface area contributed by atoms with Gasteiger partial charge in [0.15, 0.2) is 11.5 Å². The van der Waals surface area contributed by atoms with Crippen LogP contribution in [0.3, 0.4) is 0 Å². The Balaban J connectivity index is 2.08. The molecule has 94 valence electrons. The van der Waals surface area contributed by atoms with Gasteiger partial charge in [0.05, 0.1) is 11.9 Å². The first-order valence-electron chi connectivity index (χ1n) is 5.08. The molecule has 0 fully saturated rings. The van der Waals surface area contributed by atoms with Crippen molar-refractivity contribution in [3.63, 3.8) is 0 Å². The van der Waals surface area contributed by atoms with Crippen LogP contribution in [0.4, 0.5) is 8.78 Å². The van der Waals surface area contributed by atoms with Crippen LogP contribution in [0.15, 0.2) is 28.8 Å². The van der Waals surface area contributed by atoms with Crippen molar-refractivity contribution in [1.29, 1.82) is 5.41 Å². The molecule has 0 bridgehead atoms. The van der Waals surface area contributed by atoms with E-state index < -0.39 is 6.29 Å². The number of nitrogens with one attached hydrogen (secondary N) is 1. The second-order valence-corrected chi connectivity index (χ2v) is 3.82. The molecule has 2 heterocycles. The second kappa shape index (κ2) is 3.34. The minimum atomic E-state index is -3.64. The van der Waals surface area contributed by atoms with E-state index in [0.29, 0.717) is 11.4 Å². The van der Waals surface area contributed by atoms with Crippen molar-refractivity contribution < 1.29 is 22.7 Å². The Morgan fingerprint density at radius 3 is 2.61 bits per heavy atom. The maximum atomic E-state index is 12.8. The Labute approximate surface area is 99.7 Å². The molecule has 7 heteroatoms. The summed E-state index contributed by atoms with van der Waals surface area (Å²) in [6, 6.07) is 4.26. The number of hydrogen-bond donors (Lipinski definition) is 1. The molecule has 18 heavy (non-hydrogen) atoms. The number of hydrogen-bond acceptors (Lipinski definition) is 4. The lowest BCUT2D eigenvalue weighted by atomic mass is 10.3. The Morgan fingerprint density at radius 1 is 1.22 bits per heavy atom. The molecule has 1 aliphatic heterocycles. The van der Waals surface area contributed by atoms with Gasteiger partial charge >= 0.3 is 6.29 Å². The molecule has 0 amide bonds. The van der Waals surface area contributed by atoms with Crippen molar-refractivity contribution in [2.75, 3.05) is 0 Å². The number of aryl methyl sites for hydroxylation is 1. The van der Waals surface area contributed by atoms with Crippen LogP contribution >= 0.6 is 0 Å². The normalized spacial score (nSPS) is 15.9. The lowest BCUT2D eigenvalue weighted by Gasteiger charge is -2.04. The zero-order valence-electron chi connectivity index (χ0n) is 9.24. The van der Waals surface area contributed by atoms with E-state index in [1.165, 1.54) is 22.8 Å². The summed E-state index contributed by atoms with van der Waals surface area (Å²) in [5, 5.41) is 7.58. The van der Waals surface area contributed by atoms with Crippen LogP contribution < -0.4 is 15.2 Å². The van der Waals surface area contributed by atoms with Crippen LogP contribution in [0.5, 0.6) is 11.5 Å². The third-order valence-corrected chi connectivity index (χ3v) is 2.45. The van der Waals surface area contributed by atoms with Gasteiger partial charge < -0.3 is 13.9 Å². The molecule has 5 nitrogen and oxygen atoms in total. The summed E-state index contributed by atoms with van der Waals surface area (Å²) < 4.78 is 40.8. The lowest BCUT2D eigenvalue weighted by molar-refractivity contribution is -0.286. The zero-order valence-corrected chi connectivity index (χ0v) is 9.24. The minimum absolute atomic E-state index is 0.0314. The van der Waals surface area contributed by atoms with Gasteiger partial charge in [-0.25, -0.2) is 0 Å². The van der Waals surface area contributed by atoms with Crippen LogP contribution in [-0.2, 0) is 0 Å². The smallest absolute Gasteiger partial charge is 0.429 e. The van der Waals surface area contributed by atoms with E-state index in [1.54, 1.807) is 13.1 Å². The number of alkyl halides is 2. The van der Waals surface area contributed by atoms with E-state index in [1.807, 2.05) is 0 Å². The highest BCUT2D eigenvalue weighted by Crippen LogP contribution is 2.41. The highest BCUT2D eigenvalue weighted by Gasteiger charge is 2.43. The number of nitrogens with zero attached hydrogens (tertiary/aromatic N) is 1. The maximum absolute atomic E-state index is 12.8. The van der Waals surface area contributed by atoms with Gasteiger partial charge in [-0.15, -0.1) is 8.78 Å². The van der Waals surface area contributed by atoms with E-state index in [4.69, 9.17) is 9.83 Å². The first-order valence-corrected chi connectivity index (χ1v) is 5.08. The summed E-state index contributed by atoms with van der Waals surface area (Å²) >= 11 is 0. The van der Waals surface area contributed by atoms with Gasteiger partial charge in [0.1, 0.15) is 5.76 Å². The summed E-state index contributed by atoms with van der Waals surface area (Å²) in [7, 11) is 0. The fourth-order valence-corrected chi connectivity index (χ4v) is 1.75. The molecule has 1 aliphatic rings. The first kappa shape index (κ1) is 10.8. The molecule has 0 saturated carbocycles. The number of fused-ring (bicyclic) bond motifs is 1. The Morgan fingerprint density at radius 2 is 1.94 bits per heavy atom. The predicted molar refractivity (Wildman–Crippen MR) is 54.8 cm³/mol. The Kier molecular flexibility index (Phi) is 2.01. The number of oxazole rings is 1. The molecule has 0 saturated heterocycles. The average Bonchev–Trinajstić information content (AvgIpc) is 2.74. The molecule has 0 spiro atoms. The summed E-state index contributed by atoms with van der Waals surface area (Å²) in [4.78, 5) is 0. The summed E-state index contributed by atoms with van der Waals surface area (Å²) in [6.07, 6.45) is -2.06. The molecule has 0 radical (unpaired) electrons. The molecule has 0 unspecified atom stereocenters. The number of ether oxygens (including phenoxy) is 2. The van der Waals surface area contributed by atoms with Gasteiger partial charge in [-0.1, -0.05) is 0 Å². The first-order chi connectivity index (χ1) is 8.44. The van der Waals surface area contributed by atoms with E-state index >= 15 is 0 Å². The fourth-order valence-electron chi connectivity index (χ4n) is 1.75. The summed E-state index contributed by atoms with van der Waals surface area (Å²) in [5.41, 5.74) is 0.384. The molecule has 0 aliphatic carbocycles. The Bertz CT molecular complexity index is 675. The van der Waals surface area contributed by atoms with Crippen molar-refractivity contribution in [2.24, 2.45) is 0 Å². The van der Waals surface area contributed by atoms with Crippen LogP contribution in [0.1, 0.15) is 5.76 Å². The fraction of sp³-hybridized carbons (Fsp3) is 0.182. The number of aromatic nitrogens is 1. The minimum Gasteiger partial charge on any atom is -0.429 e. The van der Waals surface area contributed by atoms with Crippen LogP contribution in [0.2, 0.25) is 0 Å². The van der Waals surface area contributed by atoms with Gasteiger partial charge in [0.25, 0.3) is 5.68 Å². The summed E-state index contributed by atoms with van der Waals surface area (Å²) in [6.45, 7) is 1.69. The van der Waals surface area contributed by atoms with Crippen LogP contribution in [0, 0.1) is 12.3 Å². The quantitative estimate of drug-likeness (QED) is 0.848. The van der Waals surface area contributed by atoms with Crippen molar-refractivity contribution in [2.45, 2.75) is 13.2 Å². The number of rotatable bonds is 1. The van der Waals surface area contributed by atoms with Crippen LogP contribution in [-0.4, -0.2) is 10.9 Å². The standard InChI is InChI=1S/C11H8F2N2O3/c1-6-5-15(10(14)16-6)7-2-3-8-9(4-7)18-11(12,13)17-8/h2-5,14H,1H3. The highest BCUT2D eigenvalue weighted by atomic mass is 19.3. The largest absolute Gasteiger partial charge is 0.586 e. The van der Waals surface area contributed by atoms with Gasteiger partial charge in [0.2, 0.25) is 0 Å². The van der Waals surface area contributed by atoms with Crippen molar-refractivity contribution in [3.8, 4) is 17.2 Å². The molecule has 1 aromatic heterocycles. The summed E-state index contributed by atoms with van der Waals surface area (Å²) in [5.74, 6) is 0.447. The van der Waals surface area contributed by atoms with Gasteiger partial charge in [0, 0.05) is 6.07 Å². The maximum Gasteiger partial charge on any atom is 0.586 e. The molecule has 1 N–H and O–H groups in total. The van der Waals surface area contributed by atoms with Crippen LogP contribution in [0.25, 0.3) is 5.69 Å². The van der Waals surface area contributed by atoms with E-state index in [9.17, 15) is 8.78 Å². The van der Waals surface area contributed by atoms with E-state index in [-0.39, 0.29) is 17.2 Å². The Hall–Kier alpha value is -2.31. The molecule has 2 aromatic rings.